The summed E-state index contributed by atoms with van der Waals surface area (Å²) in [6, 6.07) is 9.43. The molecule has 1 aromatic carbocycles. The summed E-state index contributed by atoms with van der Waals surface area (Å²) in [5, 5.41) is 3.82. The molecule has 0 saturated heterocycles. The quantitative estimate of drug-likeness (QED) is 0.776. The van der Waals surface area contributed by atoms with Crippen LogP contribution in [0.1, 0.15) is 38.1 Å². The van der Waals surface area contributed by atoms with E-state index in [1.54, 1.807) is 17.4 Å². The Balaban J connectivity index is 1.75. The highest BCUT2D eigenvalue weighted by Gasteiger charge is 2.11. The van der Waals surface area contributed by atoms with Gasteiger partial charge in [-0.25, -0.2) is 15.0 Å². The van der Waals surface area contributed by atoms with E-state index in [0.717, 1.165) is 27.7 Å². The zero-order valence-corrected chi connectivity index (χ0v) is 15.6. The molecule has 0 bridgehead atoms. The molecule has 2 heterocycles. The molecule has 1 amide bonds. The van der Waals surface area contributed by atoms with Crippen LogP contribution in [-0.4, -0.2) is 20.9 Å². The molecule has 0 aliphatic rings. The van der Waals surface area contributed by atoms with Crippen LogP contribution in [0.15, 0.2) is 30.3 Å². The highest BCUT2D eigenvalue weighted by molar-refractivity contribution is 7.15. The van der Waals surface area contributed by atoms with E-state index in [-0.39, 0.29) is 5.91 Å². The monoisotopic (exact) mass is 352 g/mol. The molecular formula is C19H20N4OS. The van der Waals surface area contributed by atoms with Gasteiger partial charge in [-0.2, -0.15) is 0 Å². The van der Waals surface area contributed by atoms with E-state index in [1.165, 1.54) is 4.88 Å². The fourth-order valence-corrected chi connectivity index (χ4v) is 3.44. The fraction of sp³-hybridized carbons (Fsp3) is 0.263. The Kier molecular flexibility index (Phi) is 4.90. The summed E-state index contributed by atoms with van der Waals surface area (Å²) in [6.07, 6.45) is 0. The largest absolute Gasteiger partial charge is 0.345 e. The van der Waals surface area contributed by atoms with Gasteiger partial charge >= 0.3 is 0 Å². The van der Waals surface area contributed by atoms with Gasteiger partial charge in [0.1, 0.15) is 10.8 Å². The van der Waals surface area contributed by atoms with E-state index >= 15 is 0 Å². The maximum Gasteiger partial charge on any atom is 0.251 e. The maximum atomic E-state index is 12.5. The number of carbonyl (C=O) groups excluding carboxylic acids is 1. The first-order valence-electron chi connectivity index (χ1n) is 8.06. The highest BCUT2D eigenvalue weighted by atomic mass is 32.1. The van der Waals surface area contributed by atoms with Crippen molar-refractivity contribution in [2.45, 2.75) is 34.2 Å². The number of benzene rings is 1. The van der Waals surface area contributed by atoms with Crippen molar-refractivity contribution in [1.82, 2.24) is 20.3 Å². The molecule has 0 aliphatic carbocycles. The minimum absolute atomic E-state index is 0.144. The van der Waals surface area contributed by atoms with Gasteiger partial charge in [0.05, 0.1) is 12.2 Å². The minimum Gasteiger partial charge on any atom is -0.345 e. The lowest BCUT2D eigenvalue weighted by Crippen LogP contribution is -2.24. The van der Waals surface area contributed by atoms with Gasteiger partial charge in [-0.05, 0) is 45.9 Å². The van der Waals surface area contributed by atoms with Gasteiger partial charge < -0.3 is 5.32 Å². The molecule has 6 heteroatoms. The van der Waals surface area contributed by atoms with Crippen molar-refractivity contribution in [3.8, 4) is 10.6 Å². The number of hydrogen-bond acceptors (Lipinski definition) is 5. The second kappa shape index (κ2) is 7.11. The molecule has 25 heavy (non-hydrogen) atoms. The van der Waals surface area contributed by atoms with Crippen molar-refractivity contribution < 1.29 is 4.79 Å². The van der Waals surface area contributed by atoms with Gasteiger partial charge in [-0.15, -0.1) is 11.3 Å². The van der Waals surface area contributed by atoms with Gasteiger partial charge in [0.2, 0.25) is 0 Å². The lowest BCUT2D eigenvalue weighted by molar-refractivity contribution is 0.0950. The molecule has 3 aromatic rings. The van der Waals surface area contributed by atoms with Crippen LogP contribution in [0.4, 0.5) is 0 Å². The van der Waals surface area contributed by atoms with Crippen LogP contribution in [0.25, 0.3) is 10.6 Å². The molecule has 0 spiro atoms. The van der Waals surface area contributed by atoms with Crippen molar-refractivity contribution in [2.75, 3.05) is 0 Å². The Bertz CT molecular complexity index is 893. The third kappa shape index (κ3) is 4.09. The lowest BCUT2D eigenvalue weighted by atomic mass is 10.1. The number of rotatable bonds is 4. The molecule has 0 fully saturated rings. The Hall–Kier alpha value is -2.60. The number of aryl methyl sites for hydroxylation is 4. The number of thiazole rings is 1. The van der Waals surface area contributed by atoms with Gasteiger partial charge in [-0.1, -0.05) is 12.1 Å². The van der Waals surface area contributed by atoms with E-state index < -0.39 is 0 Å². The summed E-state index contributed by atoms with van der Waals surface area (Å²) >= 11 is 1.64. The van der Waals surface area contributed by atoms with Gasteiger partial charge in [0.15, 0.2) is 0 Å². The number of amides is 1. The summed E-state index contributed by atoms with van der Waals surface area (Å²) in [6.45, 7) is 8.19. The molecule has 0 unspecified atom stereocenters. The maximum absolute atomic E-state index is 12.5. The number of aromatic nitrogens is 3. The first-order chi connectivity index (χ1) is 11.9. The van der Waals surface area contributed by atoms with Crippen molar-refractivity contribution in [1.29, 1.82) is 0 Å². The number of nitrogens with one attached hydrogen (secondary N) is 1. The van der Waals surface area contributed by atoms with Crippen LogP contribution in [0.2, 0.25) is 0 Å². The molecule has 5 nitrogen and oxygen atoms in total. The van der Waals surface area contributed by atoms with E-state index in [2.05, 4.69) is 27.2 Å². The third-order valence-corrected chi connectivity index (χ3v) is 4.96. The van der Waals surface area contributed by atoms with Crippen LogP contribution in [0.3, 0.4) is 0 Å². The zero-order valence-electron chi connectivity index (χ0n) is 14.8. The SMILES string of the molecule is Cc1cc(C)nc(CNC(=O)c2cccc(-c3nc(C)c(C)s3)c2)n1. The van der Waals surface area contributed by atoms with Gasteiger partial charge in [0, 0.05) is 27.4 Å². The second-order valence-corrected chi connectivity index (χ2v) is 7.19. The molecule has 1 N–H and O–H groups in total. The van der Waals surface area contributed by atoms with E-state index in [4.69, 9.17) is 0 Å². The summed E-state index contributed by atoms with van der Waals surface area (Å²) in [5.74, 6) is 0.475. The van der Waals surface area contributed by atoms with Crippen molar-refractivity contribution in [3.05, 3.63) is 63.7 Å². The summed E-state index contributed by atoms with van der Waals surface area (Å²) in [5.41, 5.74) is 4.38. The lowest BCUT2D eigenvalue weighted by Gasteiger charge is -2.07. The average Bonchev–Trinajstić information content (AvgIpc) is 2.91. The Labute approximate surface area is 151 Å². The molecule has 0 aliphatic heterocycles. The number of nitrogens with zero attached hydrogens (tertiary/aromatic N) is 3. The van der Waals surface area contributed by atoms with Gasteiger partial charge in [0.25, 0.3) is 5.91 Å². The average molecular weight is 352 g/mol. The van der Waals surface area contributed by atoms with Crippen LogP contribution >= 0.6 is 11.3 Å². The highest BCUT2D eigenvalue weighted by Crippen LogP contribution is 2.27. The van der Waals surface area contributed by atoms with Crippen LogP contribution < -0.4 is 5.32 Å². The number of carbonyl (C=O) groups is 1. The Morgan fingerprint density at radius 2 is 1.76 bits per heavy atom. The normalized spacial score (nSPS) is 10.7. The van der Waals surface area contributed by atoms with Crippen molar-refractivity contribution >= 4 is 17.2 Å². The second-order valence-electron chi connectivity index (χ2n) is 5.99. The molecule has 0 atom stereocenters. The predicted molar refractivity (Wildman–Crippen MR) is 99.7 cm³/mol. The zero-order chi connectivity index (χ0) is 18.0. The Morgan fingerprint density at radius 1 is 1.04 bits per heavy atom. The molecule has 0 saturated carbocycles. The van der Waals surface area contributed by atoms with Crippen LogP contribution in [-0.2, 0) is 6.54 Å². The summed E-state index contributed by atoms with van der Waals surface area (Å²) in [7, 11) is 0. The van der Waals surface area contributed by atoms with Crippen LogP contribution in [0.5, 0.6) is 0 Å². The Morgan fingerprint density at radius 3 is 2.40 bits per heavy atom. The summed E-state index contributed by atoms with van der Waals surface area (Å²) in [4.78, 5) is 26.9. The van der Waals surface area contributed by atoms with E-state index in [0.29, 0.717) is 17.9 Å². The first kappa shape index (κ1) is 17.2. The molecule has 0 radical (unpaired) electrons. The predicted octanol–water partition coefficient (Wildman–Crippen LogP) is 3.76. The van der Waals surface area contributed by atoms with Crippen LogP contribution in [0, 0.1) is 27.7 Å². The molecule has 128 valence electrons. The molecular weight excluding hydrogens is 332 g/mol. The van der Waals surface area contributed by atoms with Gasteiger partial charge in [-0.3, -0.25) is 4.79 Å². The minimum atomic E-state index is -0.144. The summed E-state index contributed by atoms with van der Waals surface area (Å²) < 4.78 is 0. The third-order valence-electron chi connectivity index (χ3n) is 3.84. The molecule has 3 rings (SSSR count). The van der Waals surface area contributed by atoms with E-state index in [1.807, 2.05) is 45.0 Å². The number of hydrogen-bond donors (Lipinski definition) is 1. The topological polar surface area (TPSA) is 67.8 Å². The smallest absolute Gasteiger partial charge is 0.251 e. The molecule has 2 aromatic heterocycles. The fourth-order valence-electron chi connectivity index (χ4n) is 2.53. The first-order valence-corrected chi connectivity index (χ1v) is 8.88. The van der Waals surface area contributed by atoms with Crippen molar-refractivity contribution in [3.63, 3.8) is 0 Å². The van der Waals surface area contributed by atoms with Crippen molar-refractivity contribution in [2.24, 2.45) is 0 Å². The van der Waals surface area contributed by atoms with E-state index in [9.17, 15) is 4.79 Å². The standard InChI is InChI=1S/C19H20N4OS/c1-11-8-12(2)22-17(21-11)10-20-18(24)15-6-5-7-16(9-15)19-23-13(3)14(4)25-19/h5-9H,10H2,1-4H3,(H,20,24).